The number of Topliss-reactive ketones (excluding diaryl/α,β-unsaturated/α-hetero) is 1. The van der Waals surface area contributed by atoms with E-state index in [1.54, 1.807) is 0 Å². The molecule has 0 aromatic heterocycles. The van der Waals surface area contributed by atoms with Crippen LogP contribution in [-0.4, -0.2) is 31.4 Å². The van der Waals surface area contributed by atoms with Gasteiger partial charge in [-0.1, -0.05) is 12.1 Å². The smallest absolute Gasteiger partial charge is 0.309 e. The molecule has 0 N–H and O–H groups in total. The van der Waals surface area contributed by atoms with E-state index in [0.29, 0.717) is 25.4 Å². The molecule has 2 aliphatic carbocycles. The van der Waals surface area contributed by atoms with Crippen molar-refractivity contribution in [2.75, 3.05) is 13.7 Å². The number of rotatable bonds is 2. The first kappa shape index (κ1) is 16.3. The number of hydrogen-bond donors (Lipinski definition) is 0. The summed E-state index contributed by atoms with van der Waals surface area (Å²) in [6, 6.07) is 6.07. The number of carbonyl (C=O) groups excluding carboxylic acids is 3. The van der Waals surface area contributed by atoms with Crippen molar-refractivity contribution in [1.82, 2.24) is 0 Å². The fourth-order valence-electron chi connectivity index (χ4n) is 4.72. The largest absolute Gasteiger partial charge is 0.469 e. The fraction of sp³-hybridized carbons (Fsp3) is 0.550. The summed E-state index contributed by atoms with van der Waals surface area (Å²) in [5.41, 5.74) is 2.84. The molecule has 25 heavy (non-hydrogen) atoms. The molecule has 0 radical (unpaired) electrons. The molecule has 1 aromatic rings. The fourth-order valence-corrected chi connectivity index (χ4v) is 4.72. The maximum atomic E-state index is 12.5. The van der Waals surface area contributed by atoms with Gasteiger partial charge in [0, 0.05) is 17.4 Å². The van der Waals surface area contributed by atoms with Gasteiger partial charge in [-0.25, -0.2) is 0 Å². The molecule has 1 spiro atoms. The van der Waals surface area contributed by atoms with E-state index in [1.807, 2.05) is 12.1 Å². The molecule has 0 amide bonds. The van der Waals surface area contributed by atoms with Crippen molar-refractivity contribution in [3.05, 3.63) is 34.9 Å². The zero-order chi connectivity index (χ0) is 17.6. The van der Waals surface area contributed by atoms with Crippen LogP contribution in [0.4, 0.5) is 0 Å². The number of ketones is 1. The molecule has 3 atom stereocenters. The second-order valence-corrected chi connectivity index (χ2v) is 7.75. The number of ether oxygens (including phenoxy) is 2. The van der Waals surface area contributed by atoms with Crippen LogP contribution in [0.5, 0.6) is 0 Å². The summed E-state index contributed by atoms with van der Waals surface area (Å²) in [4.78, 5) is 35.7. The van der Waals surface area contributed by atoms with Gasteiger partial charge in [-0.15, -0.1) is 0 Å². The van der Waals surface area contributed by atoms with Crippen LogP contribution in [0.15, 0.2) is 18.2 Å². The lowest BCUT2D eigenvalue weighted by Gasteiger charge is -2.24. The quantitative estimate of drug-likeness (QED) is 0.773. The highest BCUT2D eigenvalue weighted by atomic mass is 16.5. The lowest BCUT2D eigenvalue weighted by atomic mass is 9.80. The minimum atomic E-state index is -0.368. The Balaban J connectivity index is 1.54. The third-order valence-electron chi connectivity index (χ3n) is 6.10. The number of hydrogen-bond acceptors (Lipinski definition) is 5. The second kappa shape index (κ2) is 5.97. The highest BCUT2D eigenvalue weighted by Gasteiger charge is 2.46. The lowest BCUT2D eigenvalue weighted by molar-refractivity contribution is -0.145. The van der Waals surface area contributed by atoms with Crippen LogP contribution in [0.2, 0.25) is 0 Å². The monoisotopic (exact) mass is 342 g/mol. The van der Waals surface area contributed by atoms with E-state index in [2.05, 4.69) is 6.07 Å². The van der Waals surface area contributed by atoms with Gasteiger partial charge in [0.1, 0.15) is 0 Å². The Morgan fingerprint density at radius 1 is 1.28 bits per heavy atom. The molecule has 5 nitrogen and oxygen atoms in total. The number of carbonyl (C=O) groups is 3. The van der Waals surface area contributed by atoms with Gasteiger partial charge in [-0.3, -0.25) is 14.4 Å². The molecule has 1 saturated heterocycles. The Labute approximate surface area is 146 Å². The molecule has 1 aromatic carbocycles. The predicted octanol–water partition coefficient (Wildman–Crippen LogP) is 2.81. The first-order valence-electron chi connectivity index (χ1n) is 8.89. The molecular weight excluding hydrogens is 320 g/mol. The molecule has 3 aliphatic rings. The molecule has 1 unspecified atom stereocenters. The van der Waals surface area contributed by atoms with Gasteiger partial charge >= 0.3 is 11.9 Å². The normalized spacial score (nSPS) is 31.1. The Bertz CT molecular complexity index is 752. The van der Waals surface area contributed by atoms with Crippen molar-refractivity contribution in [3.8, 4) is 0 Å². The van der Waals surface area contributed by atoms with Crippen molar-refractivity contribution in [2.24, 2.45) is 11.3 Å². The molecule has 2 fully saturated rings. The Morgan fingerprint density at radius 2 is 2.12 bits per heavy atom. The summed E-state index contributed by atoms with van der Waals surface area (Å²) in [6.45, 7) is 0.535. The summed E-state index contributed by atoms with van der Waals surface area (Å²) in [6.07, 6.45) is 4.27. The average Bonchev–Trinajstić information content (AvgIpc) is 3.20. The van der Waals surface area contributed by atoms with Gasteiger partial charge in [0.25, 0.3) is 0 Å². The highest BCUT2D eigenvalue weighted by Crippen LogP contribution is 2.51. The maximum Gasteiger partial charge on any atom is 0.309 e. The van der Waals surface area contributed by atoms with Gasteiger partial charge in [0.2, 0.25) is 0 Å². The Kier molecular flexibility index (Phi) is 3.89. The average molecular weight is 342 g/mol. The van der Waals surface area contributed by atoms with Crippen molar-refractivity contribution in [1.29, 1.82) is 0 Å². The molecule has 1 aliphatic heterocycles. The number of benzene rings is 1. The van der Waals surface area contributed by atoms with Crippen LogP contribution in [0.25, 0.3) is 0 Å². The van der Waals surface area contributed by atoms with Crippen molar-refractivity contribution >= 4 is 17.7 Å². The first-order chi connectivity index (χ1) is 12.0. The third kappa shape index (κ3) is 2.86. The van der Waals surface area contributed by atoms with Crippen LogP contribution in [0, 0.1) is 11.3 Å². The number of cyclic esters (lactones) is 1. The van der Waals surface area contributed by atoms with Gasteiger partial charge in [0.15, 0.2) is 5.78 Å². The zero-order valence-electron chi connectivity index (χ0n) is 14.4. The SMILES string of the molecule is COC(=O)C1CC(=O)c2cc([C@@H]3CC[C@]4(COC(=O)C4)C3)ccc2C1. The first-order valence-corrected chi connectivity index (χ1v) is 8.89. The minimum Gasteiger partial charge on any atom is -0.469 e. The molecular formula is C20H22O5. The van der Waals surface area contributed by atoms with E-state index >= 15 is 0 Å². The molecule has 132 valence electrons. The third-order valence-corrected chi connectivity index (χ3v) is 6.10. The Hall–Kier alpha value is -2.17. The zero-order valence-corrected chi connectivity index (χ0v) is 14.4. The van der Waals surface area contributed by atoms with Crippen LogP contribution in [0.1, 0.15) is 59.5 Å². The van der Waals surface area contributed by atoms with Crippen LogP contribution in [0.3, 0.4) is 0 Å². The van der Waals surface area contributed by atoms with Gasteiger partial charge in [0.05, 0.1) is 26.1 Å². The van der Waals surface area contributed by atoms with E-state index in [-0.39, 0.29) is 35.5 Å². The molecule has 4 rings (SSSR count). The van der Waals surface area contributed by atoms with Gasteiger partial charge in [-0.2, -0.15) is 0 Å². The van der Waals surface area contributed by atoms with Crippen molar-refractivity contribution < 1.29 is 23.9 Å². The summed E-state index contributed by atoms with van der Waals surface area (Å²) in [5.74, 6) is -0.384. The maximum absolute atomic E-state index is 12.5. The van der Waals surface area contributed by atoms with E-state index in [9.17, 15) is 14.4 Å². The van der Waals surface area contributed by atoms with Gasteiger partial charge in [-0.05, 0) is 48.8 Å². The van der Waals surface area contributed by atoms with Crippen LogP contribution in [-0.2, 0) is 25.5 Å². The molecule has 1 saturated carbocycles. The summed E-state index contributed by atoms with van der Waals surface area (Å²) >= 11 is 0. The topological polar surface area (TPSA) is 69.7 Å². The molecule has 1 heterocycles. The van der Waals surface area contributed by atoms with Crippen LogP contribution >= 0.6 is 0 Å². The summed E-state index contributed by atoms with van der Waals surface area (Å²) in [5, 5.41) is 0. The van der Waals surface area contributed by atoms with Crippen molar-refractivity contribution in [3.63, 3.8) is 0 Å². The van der Waals surface area contributed by atoms with Gasteiger partial charge < -0.3 is 9.47 Å². The number of fused-ring (bicyclic) bond motifs is 1. The van der Waals surface area contributed by atoms with E-state index in [0.717, 1.165) is 30.4 Å². The van der Waals surface area contributed by atoms with E-state index < -0.39 is 0 Å². The molecule has 5 heteroatoms. The second-order valence-electron chi connectivity index (χ2n) is 7.75. The highest BCUT2D eigenvalue weighted by molar-refractivity contribution is 6.01. The minimum absolute atomic E-state index is 0.00234. The van der Waals surface area contributed by atoms with Crippen molar-refractivity contribution in [2.45, 2.75) is 44.4 Å². The standard InChI is InChI=1S/C20H22O5/c1-24-19(23)15-6-13-3-2-12(7-16(13)17(21)8-15)14-4-5-20(9-14)10-18(22)25-11-20/h2-3,7,14-15H,4-6,8-11H2,1H3/t14-,15?,20+/m1/s1. The summed E-state index contributed by atoms with van der Waals surface area (Å²) in [7, 11) is 1.36. The Morgan fingerprint density at radius 3 is 2.84 bits per heavy atom. The number of esters is 2. The summed E-state index contributed by atoms with van der Waals surface area (Å²) < 4.78 is 9.98. The van der Waals surface area contributed by atoms with Crippen LogP contribution < -0.4 is 0 Å². The van der Waals surface area contributed by atoms with E-state index in [1.165, 1.54) is 12.7 Å². The van der Waals surface area contributed by atoms with E-state index in [4.69, 9.17) is 9.47 Å². The lowest BCUT2D eigenvalue weighted by Crippen LogP contribution is -2.27. The predicted molar refractivity (Wildman–Crippen MR) is 89.2 cm³/mol. The molecule has 0 bridgehead atoms. The number of methoxy groups -OCH3 is 1.